The summed E-state index contributed by atoms with van der Waals surface area (Å²) in [5.41, 5.74) is 1.54. The molecule has 0 radical (unpaired) electrons. The Bertz CT molecular complexity index is 425. The lowest BCUT2D eigenvalue weighted by Gasteiger charge is -2.27. The largest absolute Gasteiger partial charge is 0.316 e. The lowest BCUT2D eigenvalue weighted by Crippen LogP contribution is -2.27. The average Bonchev–Trinajstić information content (AvgIpc) is 3.09. The second kappa shape index (κ2) is 6.96. The lowest BCUT2D eigenvalue weighted by molar-refractivity contribution is 0.290. The SMILES string of the molecule is CC(C)CNCC(CC1CC2CCC1C2)c1ccccc1. The van der Waals surface area contributed by atoms with Crippen LogP contribution in [-0.4, -0.2) is 13.1 Å². The molecule has 2 fully saturated rings. The molecule has 1 nitrogen and oxygen atoms in total. The maximum Gasteiger partial charge on any atom is 0.00203 e. The first-order chi connectivity index (χ1) is 10.2. The van der Waals surface area contributed by atoms with Crippen LogP contribution in [0.3, 0.4) is 0 Å². The standard InChI is InChI=1S/C20H31N/c1-15(2)13-21-14-20(17-6-4-3-5-7-17)12-19-11-16-8-9-18(19)10-16/h3-7,15-16,18-21H,8-14H2,1-2H3. The van der Waals surface area contributed by atoms with Gasteiger partial charge < -0.3 is 5.32 Å². The molecule has 4 unspecified atom stereocenters. The van der Waals surface area contributed by atoms with Gasteiger partial charge in [0.05, 0.1) is 0 Å². The van der Waals surface area contributed by atoms with Crippen molar-refractivity contribution < 1.29 is 0 Å². The molecular formula is C20H31N. The van der Waals surface area contributed by atoms with Crippen LogP contribution in [0.25, 0.3) is 0 Å². The van der Waals surface area contributed by atoms with Crippen molar-refractivity contribution in [2.45, 2.75) is 51.9 Å². The molecule has 0 spiro atoms. The van der Waals surface area contributed by atoms with Gasteiger partial charge in [-0.2, -0.15) is 0 Å². The van der Waals surface area contributed by atoms with E-state index in [9.17, 15) is 0 Å². The van der Waals surface area contributed by atoms with Crippen molar-refractivity contribution in [2.75, 3.05) is 13.1 Å². The monoisotopic (exact) mass is 285 g/mol. The molecule has 116 valence electrons. The van der Waals surface area contributed by atoms with Crippen LogP contribution in [-0.2, 0) is 0 Å². The first-order valence-electron chi connectivity index (χ1n) is 8.98. The Morgan fingerprint density at radius 2 is 1.86 bits per heavy atom. The maximum atomic E-state index is 3.70. The molecule has 2 saturated carbocycles. The minimum absolute atomic E-state index is 0.703. The average molecular weight is 285 g/mol. The highest BCUT2D eigenvalue weighted by Crippen LogP contribution is 2.51. The van der Waals surface area contributed by atoms with Crippen molar-refractivity contribution in [3.8, 4) is 0 Å². The normalized spacial score (nSPS) is 29.2. The number of nitrogens with one attached hydrogen (secondary N) is 1. The van der Waals surface area contributed by atoms with E-state index in [0.717, 1.165) is 36.8 Å². The van der Waals surface area contributed by atoms with Crippen LogP contribution in [0.15, 0.2) is 30.3 Å². The van der Waals surface area contributed by atoms with Gasteiger partial charge in [0.15, 0.2) is 0 Å². The number of rotatable bonds is 7. The molecule has 3 rings (SSSR count). The molecule has 1 N–H and O–H groups in total. The predicted octanol–water partition coefficient (Wildman–Crippen LogP) is 4.84. The Kier molecular flexibility index (Phi) is 5.00. The molecule has 2 aliphatic carbocycles. The summed E-state index contributed by atoms with van der Waals surface area (Å²) in [5.74, 6) is 4.55. The predicted molar refractivity (Wildman–Crippen MR) is 90.4 cm³/mol. The number of benzene rings is 1. The molecule has 2 bridgehead atoms. The summed E-state index contributed by atoms with van der Waals surface area (Å²) in [5, 5.41) is 3.70. The van der Waals surface area contributed by atoms with Crippen molar-refractivity contribution in [1.29, 1.82) is 0 Å². The van der Waals surface area contributed by atoms with Gasteiger partial charge in [-0.05, 0) is 67.4 Å². The van der Waals surface area contributed by atoms with Gasteiger partial charge in [-0.15, -0.1) is 0 Å². The van der Waals surface area contributed by atoms with Crippen LogP contribution in [0.1, 0.15) is 57.4 Å². The summed E-state index contributed by atoms with van der Waals surface area (Å²) in [6.45, 7) is 6.87. The van der Waals surface area contributed by atoms with Crippen LogP contribution >= 0.6 is 0 Å². The molecule has 0 amide bonds. The lowest BCUT2D eigenvalue weighted by atomic mass is 9.80. The summed E-state index contributed by atoms with van der Waals surface area (Å²) >= 11 is 0. The van der Waals surface area contributed by atoms with Gasteiger partial charge in [-0.1, -0.05) is 50.6 Å². The van der Waals surface area contributed by atoms with E-state index in [1.165, 1.54) is 37.7 Å². The van der Waals surface area contributed by atoms with E-state index in [1.807, 2.05) is 0 Å². The third-order valence-corrected chi connectivity index (χ3v) is 5.69. The van der Waals surface area contributed by atoms with Crippen LogP contribution in [0, 0.1) is 23.7 Å². The van der Waals surface area contributed by atoms with Crippen molar-refractivity contribution >= 4 is 0 Å². The molecular weight excluding hydrogens is 254 g/mol. The van der Waals surface area contributed by atoms with Crippen LogP contribution in [0.5, 0.6) is 0 Å². The van der Waals surface area contributed by atoms with Gasteiger partial charge in [0.2, 0.25) is 0 Å². The smallest absolute Gasteiger partial charge is 0.00203 e. The molecule has 21 heavy (non-hydrogen) atoms. The molecule has 0 saturated heterocycles. The highest BCUT2D eigenvalue weighted by molar-refractivity contribution is 5.20. The Morgan fingerprint density at radius 1 is 1.05 bits per heavy atom. The molecule has 0 heterocycles. The molecule has 1 aromatic carbocycles. The van der Waals surface area contributed by atoms with Crippen LogP contribution in [0.2, 0.25) is 0 Å². The number of fused-ring (bicyclic) bond motifs is 2. The molecule has 1 aromatic rings. The Labute approximate surface area is 130 Å². The van der Waals surface area contributed by atoms with Crippen molar-refractivity contribution in [3.05, 3.63) is 35.9 Å². The second-order valence-electron chi connectivity index (χ2n) is 7.83. The first-order valence-corrected chi connectivity index (χ1v) is 8.98. The van der Waals surface area contributed by atoms with Crippen LogP contribution in [0.4, 0.5) is 0 Å². The van der Waals surface area contributed by atoms with E-state index in [2.05, 4.69) is 49.5 Å². The summed E-state index contributed by atoms with van der Waals surface area (Å²) in [7, 11) is 0. The van der Waals surface area contributed by atoms with Gasteiger partial charge in [-0.3, -0.25) is 0 Å². The third-order valence-electron chi connectivity index (χ3n) is 5.69. The molecule has 2 aliphatic rings. The molecule has 0 aliphatic heterocycles. The summed E-state index contributed by atoms with van der Waals surface area (Å²) < 4.78 is 0. The van der Waals surface area contributed by atoms with Gasteiger partial charge in [-0.25, -0.2) is 0 Å². The maximum absolute atomic E-state index is 3.70. The van der Waals surface area contributed by atoms with Crippen molar-refractivity contribution in [3.63, 3.8) is 0 Å². The molecule has 4 atom stereocenters. The zero-order valence-corrected chi connectivity index (χ0v) is 13.7. The molecule has 1 heteroatoms. The zero-order valence-electron chi connectivity index (χ0n) is 13.7. The summed E-state index contributed by atoms with van der Waals surface area (Å²) in [6.07, 6.45) is 7.47. The fourth-order valence-electron chi connectivity index (χ4n) is 4.64. The van der Waals surface area contributed by atoms with Gasteiger partial charge >= 0.3 is 0 Å². The first kappa shape index (κ1) is 15.1. The van der Waals surface area contributed by atoms with E-state index in [4.69, 9.17) is 0 Å². The summed E-state index contributed by atoms with van der Waals surface area (Å²) in [4.78, 5) is 0. The van der Waals surface area contributed by atoms with Gasteiger partial charge in [0, 0.05) is 6.54 Å². The number of hydrogen-bond acceptors (Lipinski definition) is 1. The minimum Gasteiger partial charge on any atom is -0.316 e. The van der Waals surface area contributed by atoms with E-state index in [-0.39, 0.29) is 0 Å². The Morgan fingerprint density at radius 3 is 2.48 bits per heavy atom. The zero-order chi connectivity index (χ0) is 14.7. The van der Waals surface area contributed by atoms with Gasteiger partial charge in [0.25, 0.3) is 0 Å². The highest BCUT2D eigenvalue weighted by atomic mass is 14.9. The highest BCUT2D eigenvalue weighted by Gasteiger charge is 2.40. The van der Waals surface area contributed by atoms with E-state index >= 15 is 0 Å². The van der Waals surface area contributed by atoms with E-state index in [0.29, 0.717) is 5.92 Å². The van der Waals surface area contributed by atoms with Crippen molar-refractivity contribution in [2.24, 2.45) is 23.7 Å². The van der Waals surface area contributed by atoms with Crippen LogP contribution < -0.4 is 5.32 Å². The fourth-order valence-corrected chi connectivity index (χ4v) is 4.64. The number of hydrogen-bond donors (Lipinski definition) is 1. The van der Waals surface area contributed by atoms with E-state index < -0.39 is 0 Å². The topological polar surface area (TPSA) is 12.0 Å². The Balaban J connectivity index is 1.61. The summed E-state index contributed by atoms with van der Waals surface area (Å²) in [6, 6.07) is 11.2. The van der Waals surface area contributed by atoms with Crippen molar-refractivity contribution in [1.82, 2.24) is 5.32 Å². The molecule has 0 aromatic heterocycles. The fraction of sp³-hybridized carbons (Fsp3) is 0.700. The minimum atomic E-state index is 0.703. The quantitative estimate of drug-likeness (QED) is 0.755. The Hall–Kier alpha value is -0.820. The second-order valence-corrected chi connectivity index (χ2v) is 7.83. The van der Waals surface area contributed by atoms with E-state index in [1.54, 1.807) is 0 Å². The van der Waals surface area contributed by atoms with Gasteiger partial charge in [0.1, 0.15) is 0 Å². The third kappa shape index (κ3) is 3.88.